The van der Waals surface area contributed by atoms with Gasteiger partial charge in [-0.05, 0) is 50.0 Å². The van der Waals surface area contributed by atoms with E-state index in [1.54, 1.807) is 0 Å². The third kappa shape index (κ3) is 6.30. The summed E-state index contributed by atoms with van der Waals surface area (Å²) in [4.78, 5) is 0. The Morgan fingerprint density at radius 3 is 2.53 bits per heavy atom. The summed E-state index contributed by atoms with van der Waals surface area (Å²) < 4.78 is 0. The Bertz CT molecular complexity index is 326. The molecule has 1 N–H and O–H groups in total. The standard InChI is InChI=1S/C14H21Cl2N/c1-2-17-10-6-4-3-5-7-12-8-9-13(15)11-14(12)16/h8-9,11,17H,2-7,10H2,1H3. The molecule has 0 atom stereocenters. The fourth-order valence-electron chi connectivity index (χ4n) is 1.82. The first kappa shape index (κ1) is 14.8. The molecule has 0 aliphatic carbocycles. The zero-order valence-electron chi connectivity index (χ0n) is 10.4. The van der Waals surface area contributed by atoms with E-state index in [1.165, 1.54) is 31.2 Å². The predicted octanol–water partition coefficient (Wildman–Crippen LogP) is 4.71. The molecule has 1 rings (SSSR count). The van der Waals surface area contributed by atoms with Crippen molar-refractivity contribution in [2.24, 2.45) is 0 Å². The molecule has 17 heavy (non-hydrogen) atoms. The molecule has 1 aromatic rings. The van der Waals surface area contributed by atoms with Gasteiger partial charge in [0.15, 0.2) is 0 Å². The van der Waals surface area contributed by atoms with Crippen molar-refractivity contribution in [1.82, 2.24) is 5.32 Å². The van der Waals surface area contributed by atoms with Gasteiger partial charge in [-0.2, -0.15) is 0 Å². The molecule has 0 fully saturated rings. The molecule has 0 unspecified atom stereocenters. The molecule has 0 saturated carbocycles. The van der Waals surface area contributed by atoms with Crippen molar-refractivity contribution in [2.45, 2.75) is 39.0 Å². The van der Waals surface area contributed by atoms with Crippen LogP contribution in [0, 0.1) is 0 Å². The highest BCUT2D eigenvalue weighted by atomic mass is 35.5. The minimum atomic E-state index is 0.712. The van der Waals surface area contributed by atoms with E-state index in [9.17, 15) is 0 Å². The van der Waals surface area contributed by atoms with E-state index >= 15 is 0 Å². The lowest BCUT2D eigenvalue weighted by Crippen LogP contribution is -2.13. The summed E-state index contributed by atoms with van der Waals surface area (Å²) in [5, 5.41) is 4.85. The van der Waals surface area contributed by atoms with Crippen LogP contribution >= 0.6 is 23.2 Å². The van der Waals surface area contributed by atoms with Crippen molar-refractivity contribution in [3.63, 3.8) is 0 Å². The monoisotopic (exact) mass is 273 g/mol. The van der Waals surface area contributed by atoms with Gasteiger partial charge in [0.05, 0.1) is 0 Å². The smallest absolute Gasteiger partial charge is 0.0452 e. The van der Waals surface area contributed by atoms with Crippen LogP contribution < -0.4 is 5.32 Å². The molecular weight excluding hydrogens is 253 g/mol. The SMILES string of the molecule is CCNCCCCCCc1ccc(Cl)cc1Cl. The summed E-state index contributed by atoms with van der Waals surface area (Å²) in [5.41, 5.74) is 1.21. The maximum Gasteiger partial charge on any atom is 0.0452 e. The maximum absolute atomic E-state index is 6.12. The number of unbranched alkanes of at least 4 members (excludes halogenated alkanes) is 3. The summed E-state index contributed by atoms with van der Waals surface area (Å²) in [5.74, 6) is 0. The average Bonchev–Trinajstić information content (AvgIpc) is 2.30. The lowest BCUT2D eigenvalue weighted by atomic mass is 10.1. The molecule has 0 radical (unpaired) electrons. The molecule has 0 aliphatic rings. The Morgan fingerprint density at radius 2 is 1.82 bits per heavy atom. The summed E-state index contributed by atoms with van der Waals surface area (Å²) >= 11 is 12.0. The fraction of sp³-hybridized carbons (Fsp3) is 0.571. The summed E-state index contributed by atoms with van der Waals surface area (Å²) in [6.07, 6.45) is 6.08. The molecule has 0 amide bonds. The van der Waals surface area contributed by atoms with Crippen molar-refractivity contribution in [2.75, 3.05) is 13.1 Å². The minimum absolute atomic E-state index is 0.712. The lowest BCUT2D eigenvalue weighted by molar-refractivity contribution is 0.598. The van der Waals surface area contributed by atoms with E-state index in [0.29, 0.717) is 5.02 Å². The summed E-state index contributed by atoms with van der Waals surface area (Å²) in [6, 6.07) is 5.76. The van der Waals surface area contributed by atoms with Gasteiger partial charge in [-0.25, -0.2) is 0 Å². The van der Waals surface area contributed by atoms with Crippen LogP contribution in [0.15, 0.2) is 18.2 Å². The second kappa shape index (κ2) is 8.79. The van der Waals surface area contributed by atoms with Gasteiger partial charge < -0.3 is 5.32 Å². The van der Waals surface area contributed by atoms with Crippen molar-refractivity contribution in [3.05, 3.63) is 33.8 Å². The third-order valence-electron chi connectivity index (χ3n) is 2.81. The van der Waals surface area contributed by atoms with Crippen LogP contribution in [0.2, 0.25) is 10.0 Å². The van der Waals surface area contributed by atoms with Crippen molar-refractivity contribution in [3.8, 4) is 0 Å². The van der Waals surface area contributed by atoms with Gasteiger partial charge in [0.25, 0.3) is 0 Å². The van der Waals surface area contributed by atoms with Crippen molar-refractivity contribution in [1.29, 1.82) is 0 Å². The van der Waals surface area contributed by atoms with Gasteiger partial charge in [0.2, 0.25) is 0 Å². The predicted molar refractivity (Wildman–Crippen MR) is 77.2 cm³/mol. The molecule has 0 aliphatic heterocycles. The Hall–Kier alpha value is -0.240. The number of aryl methyl sites for hydroxylation is 1. The molecule has 0 bridgehead atoms. The third-order valence-corrected chi connectivity index (χ3v) is 3.40. The molecule has 0 saturated heterocycles. The van der Waals surface area contributed by atoms with E-state index in [4.69, 9.17) is 23.2 Å². The highest BCUT2D eigenvalue weighted by Crippen LogP contribution is 2.22. The first-order valence-corrected chi connectivity index (χ1v) is 7.14. The molecule has 1 aromatic carbocycles. The van der Waals surface area contributed by atoms with E-state index in [0.717, 1.165) is 24.5 Å². The van der Waals surface area contributed by atoms with Crippen molar-refractivity contribution < 1.29 is 0 Å². The Labute approximate surface area is 115 Å². The zero-order chi connectivity index (χ0) is 12.5. The molecular formula is C14H21Cl2N. The van der Waals surface area contributed by atoms with Crippen LogP contribution in [0.3, 0.4) is 0 Å². The zero-order valence-corrected chi connectivity index (χ0v) is 11.9. The van der Waals surface area contributed by atoms with E-state index in [-0.39, 0.29) is 0 Å². The van der Waals surface area contributed by atoms with E-state index < -0.39 is 0 Å². The molecule has 96 valence electrons. The average molecular weight is 274 g/mol. The van der Waals surface area contributed by atoms with E-state index in [2.05, 4.69) is 12.2 Å². The van der Waals surface area contributed by atoms with Gasteiger partial charge >= 0.3 is 0 Å². The largest absolute Gasteiger partial charge is 0.317 e. The molecule has 1 nitrogen and oxygen atoms in total. The Morgan fingerprint density at radius 1 is 1.06 bits per heavy atom. The molecule has 0 spiro atoms. The highest BCUT2D eigenvalue weighted by Gasteiger charge is 2.00. The molecule has 0 aromatic heterocycles. The van der Waals surface area contributed by atoms with Gasteiger partial charge in [-0.1, -0.05) is 49.0 Å². The fourth-order valence-corrected chi connectivity index (χ4v) is 2.32. The topological polar surface area (TPSA) is 12.0 Å². The Balaban J connectivity index is 2.14. The number of hydrogen-bond acceptors (Lipinski definition) is 1. The van der Waals surface area contributed by atoms with Gasteiger partial charge in [-0.3, -0.25) is 0 Å². The van der Waals surface area contributed by atoms with Crippen LogP contribution in [0.4, 0.5) is 0 Å². The van der Waals surface area contributed by atoms with Gasteiger partial charge in [-0.15, -0.1) is 0 Å². The van der Waals surface area contributed by atoms with Crippen LogP contribution in [0.5, 0.6) is 0 Å². The first-order chi connectivity index (χ1) is 8.24. The van der Waals surface area contributed by atoms with Crippen molar-refractivity contribution >= 4 is 23.2 Å². The van der Waals surface area contributed by atoms with Crippen LogP contribution in [-0.2, 0) is 6.42 Å². The minimum Gasteiger partial charge on any atom is -0.317 e. The first-order valence-electron chi connectivity index (χ1n) is 6.38. The normalized spacial score (nSPS) is 10.8. The number of hydrogen-bond donors (Lipinski definition) is 1. The van der Waals surface area contributed by atoms with Gasteiger partial charge in [0.1, 0.15) is 0 Å². The maximum atomic E-state index is 6.12. The second-order valence-electron chi connectivity index (χ2n) is 4.25. The van der Waals surface area contributed by atoms with Gasteiger partial charge in [0, 0.05) is 10.0 Å². The number of halogens is 2. The Kier molecular flexibility index (Phi) is 7.67. The summed E-state index contributed by atoms with van der Waals surface area (Å²) in [6.45, 7) is 4.35. The number of benzene rings is 1. The van der Waals surface area contributed by atoms with E-state index in [1.807, 2.05) is 18.2 Å². The summed E-state index contributed by atoms with van der Waals surface area (Å²) in [7, 11) is 0. The second-order valence-corrected chi connectivity index (χ2v) is 5.10. The number of nitrogens with one attached hydrogen (secondary N) is 1. The van der Waals surface area contributed by atoms with Crippen LogP contribution in [0.1, 0.15) is 38.2 Å². The highest BCUT2D eigenvalue weighted by molar-refractivity contribution is 6.35. The number of rotatable bonds is 8. The molecule has 3 heteroatoms. The molecule has 0 heterocycles. The quantitative estimate of drug-likeness (QED) is 0.677. The van der Waals surface area contributed by atoms with Crippen LogP contribution in [0.25, 0.3) is 0 Å². The lowest BCUT2D eigenvalue weighted by Gasteiger charge is -2.05. The van der Waals surface area contributed by atoms with Crippen LogP contribution in [-0.4, -0.2) is 13.1 Å².